The van der Waals surface area contributed by atoms with Gasteiger partial charge in [-0.1, -0.05) is 27.7 Å². The van der Waals surface area contributed by atoms with E-state index in [-0.39, 0.29) is 16.1 Å². The summed E-state index contributed by atoms with van der Waals surface area (Å²) in [6, 6.07) is 0. The van der Waals surface area contributed by atoms with Gasteiger partial charge in [-0.3, -0.25) is 10.1 Å². The zero-order valence-electron chi connectivity index (χ0n) is 18.2. The quantitative estimate of drug-likeness (QED) is 0.493. The number of nitro groups is 1. The molecule has 0 amide bonds. The first kappa shape index (κ1) is 20.4. The van der Waals surface area contributed by atoms with Crippen molar-refractivity contribution in [3.05, 3.63) is 16.4 Å². The molecule has 7 heteroatoms. The molecule has 5 rings (SSSR count). The summed E-state index contributed by atoms with van der Waals surface area (Å²) in [5.74, 6) is 3.97. The fraction of sp³-hybridized carbons (Fsp3) is 0.818. The average Bonchev–Trinajstić information content (AvgIpc) is 2.58. The summed E-state index contributed by atoms with van der Waals surface area (Å²) in [6.07, 6.45) is 8.89. The molecule has 4 fully saturated rings. The fourth-order valence-corrected chi connectivity index (χ4v) is 6.50. The molecule has 1 heterocycles. The highest BCUT2D eigenvalue weighted by atomic mass is 16.6. The van der Waals surface area contributed by atoms with Gasteiger partial charge in [0, 0.05) is 18.6 Å². The second-order valence-corrected chi connectivity index (χ2v) is 10.7. The summed E-state index contributed by atoms with van der Waals surface area (Å²) in [7, 11) is 0. The highest BCUT2D eigenvalue weighted by Gasteiger charge is 2.51. The van der Waals surface area contributed by atoms with E-state index >= 15 is 0 Å². The number of hydrogen-bond donors (Lipinski definition) is 1. The van der Waals surface area contributed by atoms with E-state index in [1.54, 1.807) is 0 Å². The number of rotatable bonds is 8. The monoisotopic (exact) mass is 401 g/mol. The van der Waals surface area contributed by atoms with Gasteiger partial charge in [0.15, 0.2) is 0 Å². The molecule has 1 aromatic heterocycles. The molecule has 4 saturated carbocycles. The third kappa shape index (κ3) is 4.19. The van der Waals surface area contributed by atoms with Crippen molar-refractivity contribution in [1.82, 2.24) is 9.97 Å². The second-order valence-electron chi connectivity index (χ2n) is 10.7. The molecule has 29 heavy (non-hydrogen) atoms. The van der Waals surface area contributed by atoms with Crippen LogP contribution >= 0.6 is 0 Å². The number of nitrogens with zero attached hydrogens (tertiary/aromatic N) is 4. The van der Waals surface area contributed by atoms with Crippen LogP contribution in [0.5, 0.6) is 0 Å². The molecule has 0 aromatic carbocycles. The molecule has 1 N–H and O–H groups in total. The minimum absolute atomic E-state index is 0.0218. The largest absolute Gasteiger partial charge is 0.359 e. The standard InChI is InChI=1S/C22H35N5O2/c1-14(2)11-26(12-15(3)4)21-19(27(28)29)20(23-13-24-21)25-22-8-16-5-17(9-22)7-18(6-16)10-22/h13-18H,5-12H2,1-4H3,(H,23,24,25). The van der Waals surface area contributed by atoms with E-state index in [4.69, 9.17) is 0 Å². The van der Waals surface area contributed by atoms with E-state index in [2.05, 4.69) is 47.9 Å². The van der Waals surface area contributed by atoms with Crippen molar-refractivity contribution >= 4 is 17.3 Å². The number of hydrogen-bond acceptors (Lipinski definition) is 6. The van der Waals surface area contributed by atoms with Crippen LogP contribution in [0.15, 0.2) is 6.33 Å². The van der Waals surface area contributed by atoms with Gasteiger partial charge >= 0.3 is 5.69 Å². The first-order valence-corrected chi connectivity index (χ1v) is 11.3. The minimum atomic E-state index is -0.286. The molecule has 160 valence electrons. The third-order valence-electron chi connectivity index (χ3n) is 6.88. The predicted octanol–water partition coefficient (Wildman–Crippen LogP) is 4.88. The van der Waals surface area contributed by atoms with Crippen LogP contribution in [0.3, 0.4) is 0 Å². The van der Waals surface area contributed by atoms with Crippen molar-refractivity contribution in [3.8, 4) is 0 Å². The smallest absolute Gasteiger partial charge is 0.353 e. The molecule has 0 saturated heterocycles. The van der Waals surface area contributed by atoms with E-state index in [0.717, 1.165) is 50.1 Å². The normalized spacial score (nSPS) is 30.2. The Labute approximate surface area is 173 Å². The maximum Gasteiger partial charge on any atom is 0.353 e. The average molecular weight is 402 g/mol. The fourth-order valence-electron chi connectivity index (χ4n) is 6.50. The van der Waals surface area contributed by atoms with E-state index in [9.17, 15) is 10.1 Å². The molecule has 7 nitrogen and oxygen atoms in total. The van der Waals surface area contributed by atoms with Crippen LogP contribution in [0.4, 0.5) is 17.3 Å². The van der Waals surface area contributed by atoms with Gasteiger partial charge in [-0.25, -0.2) is 9.97 Å². The predicted molar refractivity (Wildman–Crippen MR) is 115 cm³/mol. The summed E-state index contributed by atoms with van der Waals surface area (Å²) < 4.78 is 0. The van der Waals surface area contributed by atoms with E-state index in [0.29, 0.717) is 23.5 Å². The topological polar surface area (TPSA) is 84.2 Å². The summed E-state index contributed by atoms with van der Waals surface area (Å²) in [5, 5.41) is 15.8. The molecular weight excluding hydrogens is 366 g/mol. The molecule has 4 aliphatic carbocycles. The van der Waals surface area contributed by atoms with Crippen molar-refractivity contribution in [2.75, 3.05) is 23.3 Å². The zero-order valence-corrected chi connectivity index (χ0v) is 18.2. The molecule has 0 aliphatic heterocycles. The van der Waals surface area contributed by atoms with Gasteiger partial charge < -0.3 is 10.2 Å². The highest BCUT2D eigenvalue weighted by Crippen LogP contribution is 2.57. The summed E-state index contributed by atoms with van der Waals surface area (Å²) in [5.41, 5.74) is 0.0241. The van der Waals surface area contributed by atoms with Crippen LogP contribution in [0, 0.1) is 39.7 Å². The Morgan fingerprint density at radius 3 is 2.03 bits per heavy atom. The Morgan fingerprint density at radius 1 is 1.07 bits per heavy atom. The first-order valence-electron chi connectivity index (χ1n) is 11.3. The van der Waals surface area contributed by atoms with Crippen molar-refractivity contribution in [3.63, 3.8) is 0 Å². The molecule has 0 unspecified atom stereocenters. The van der Waals surface area contributed by atoms with Gasteiger partial charge in [0.25, 0.3) is 0 Å². The lowest BCUT2D eigenvalue weighted by molar-refractivity contribution is -0.383. The summed E-state index contributed by atoms with van der Waals surface area (Å²) in [4.78, 5) is 22.7. The summed E-state index contributed by atoms with van der Waals surface area (Å²) >= 11 is 0. The first-order chi connectivity index (χ1) is 13.7. The van der Waals surface area contributed by atoms with Gasteiger partial charge in [-0.05, 0) is 68.1 Å². The van der Waals surface area contributed by atoms with Gasteiger partial charge in [0.1, 0.15) is 6.33 Å². The van der Waals surface area contributed by atoms with Crippen LogP contribution < -0.4 is 10.2 Å². The molecule has 4 bridgehead atoms. The lowest BCUT2D eigenvalue weighted by Crippen LogP contribution is -2.55. The van der Waals surface area contributed by atoms with Crippen LogP contribution in [0.1, 0.15) is 66.2 Å². The molecular formula is C22H35N5O2. The van der Waals surface area contributed by atoms with Gasteiger partial charge in [0.2, 0.25) is 11.6 Å². The van der Waals surface area contributed by atoms with Crippen LogP contribution in [-0.4, -0.2) is 33.5 Å². The molecule has 0 radical (unpaired) electrons. The van der Waals surface area contributed by atoms with Crippen LogP contribution in [0.25, 0.3) is 0 Å². The molecule has 0 atom stereocenters. The van der Waals surface area contributed by atoms with Gasteiger partial charge in [-0.15, -0.1) is 0 Å². The Bertz CT molecular complexity index is 718. The Kier molecular flexibility index (Phi) is 5.42. The second kappa shape index (κ2) is 7.73. The van der Waals surface area contributed by atoms with Gasteiger partial charge in [-0.2, -0.15) is 0 Å². The minimum Gasteiger partial charge on any atom is -0.359 e. The highest BCUT2D eigenvalue weighted by molar-refractivity contribution is 5.71. The van der Waals surface area contributed by atoms with E-state index < -0.39 is 0 Å². The number of anilines is 2. The van der Waals surface area contributed by atoms with Crippen LogP contribution in [0.2, 0.25) is 0 Å². The maximum absolute atomic E-state index is 12.2. The lowest BCUT2D eigenvalue weighted by atomic mass is 9.53. The maximum atomic E-state index is 12.2. The Hall–Kier alpha value is -1.92. The lowest BCUT2D eigenvalue weighted by Gasteiger charge is -2.57. The van der Waals surface area contributed by atoms with E-state index in [1.165, 1.54) is 25.6 Å². The molecule has 1 aromatic rings. The number of nitrogens with one attached hydrogen (secondary N) is 1. The molecule has 0 spiro atoms. The van der Waals surface area contributed by atoms with Crippen molar-refractivity contribution in [1.29, 1.82) is 0 Å². The number of aromatic nitrogens is 2. The van der Waals surface area contributed by atoms with Gasteiger partial charge in [0.05, 0.1) is 4.92 Å². The molecule has 4 aliphatic rings. The van der Waals surface area contributed by atoms with Crippen molar-refractivity contribution in [2.24, 2.45) is 29.6 Å². The summed E-state index contributed by atoms with van der Waals surface area (Å²) in [6.45, 7) is 10.0. The third-order valence-corrected chi connectivity index (χ3v) is 6.88. The Morgan fingerprint density at radius 2 is 1.59 bits per heavy atom. The van der Waals surface area contributed by atoms with E-state index in [1.807, 2.05) is 0 Å². The Balaban J connectivity index is 1.67. The SMILES string of the molecule is CC(C)CN(CC(C)C)c1ncnc(NC23CC4CC(CC(C4)C2)C3)c1[N+](=O)[O-]. The van der Waals surface area contributed by atoms with Crippen molar-refractivity contribution in [2.45, 2.75) is 71.8 Å². The van der Waals surface area contributed by atoms with Crippen molar-refractivity contribution < 1.29 is 4.92 Å². The zero-order chi connectivity index (χ0) is 20.8. The van der Waals surface area contributed by atoms with Crippen LogP contribution in [-0.2, 0) is 0 Å².